The lowest BCUT2D eigenvalue weighted by molar-refractivity contribution is -0.142. The van der Waals surface area contributed by atoms with Gasteiger partial charge in [-0.1, -0.05) is 12.1 Å². The Kier molecular flexibility index (Phi) is 4.34. The predicted molar refractivity (Wildman–Crippen MR) is 68.5 cm³/mol. The van der Waals surface area contributed by atoms with Crippen LogP contribution < -0.4 is 0 Å². The molecule has 5 nitrogen and oxygen atoms in total. The normalized spacial score (nSPS) is 22.3. The van der Waals surface area contributed by atoms with Crippen molar-refractivity contribution in [3.05, 3.63) is 35.6 Å². The summed E-state index contributed by atoms with van der Waals surface area (Å²) in [6, 6.07) is 5.07. The second-order valence-electron chi connectivity index (χ2n) is 4.73. The Hall–Kier alpha value is -1.95. The Morgan fingerprint density at radius 2 is 2.30 bits per heavy atom. The number of carboxylic acid groups (broad SMARTS) is 1. The van der Waals surface area contributed by atoms with Gasteiger partial charge in [-0.15, -0.1) is 0 Å². The summed E-state index contributed by atoms with van der Waals surface area (Å²) < 4.78 is 18.3. The van der Waals surface area contributed by atoms with Crippen molar-refractivity contribution in [1.82, 2.24) is 4.90 Å². The highest BCUT2D eigenvalue weighted by Gasteiger charge is 2.44. The predicted octanol–water partition coefficient (Wildman–Crippen LogP) is 1.45. The van der Waals surface area contributed by atoms with Gasteiger partial charge in [-0.3, -0.25) is 9.59 Å². The molecule has 0 aliphatic carbocycles. The molecule has 0 saturated carbocycles. The Morgan fingerprint density at radius 1 is 1.55 bits per heavy atom. The molecular weight excluding hydrogens is 265 g/mol. The van der Waals surface area contributed by atoms with Crippen LogP contribution in [0, 0.1) is 11.7 Å². The van der Waals surface area contributed by atoms with Crippen LogP contribution in [0.1, 0.15) is 18.0 Å². The highest BCUT2D eigenvalue weighted by molar-refractivity contribution is 5.87. The molecule has 1 fully saturated rings. The number of benzene rings is 1. The van der Waals surface area contributed by atoms with Crippen molar-refractivity contribution in [2.45, 2.75) is 12.5 Å². The summed E-state index contributed by atoms with van der Waals surface area (Å²) in [7, 11) is 1.51. The van der Waals surface area contributed by atoms with Gasteiger partial charge in [-0.25, -0.2) is 4.39 Å². The molecule has 2 rings (SSSR count). The average Bonchev–Trinajstić information content (AvgIpc) is 2.73. The standard InChI is InChI=1S/C14H16FNO4/c1-20-6-5-16-12(17)8-11(14(18)19)13(16)9-3-2-4-10(15)7-9/h2-4,7,11,13H,5-6,8H2,1H3,(H,18,19)/t11-,13+/m0/s1. The van der Waals surface area contributed by atoms with Crippen LogP contribution in [-0.4, -0.2) is 42.1 Å². The van der Waals surface area contributed by atoms with Crippen LogP contribution >= 0.6 is 0 Å². The molecule has 2 atom stereocenters. The fourth-order valence-corrected chi connectivity index (χ4v) is 2.57. The summed E-state index contributed by atoms with van der Waals surface area (Å²) >= 11 is 0. The summed E-state index contributed by atoms with van der Waals surface area (Å²) in [5, 5.41) is 9.27. The number of carbonyl (C=O) groups excluding carboxylic acids is 1. The number of rotatable bonds is 5. The van der Waals surface area contributed by atoms with E-state index in [9.17, 15) is 19.1 Å². The van der Waals surface area contributed by atoms with E-state index in [0.717, 1.165) is 0 Å². The van der Waals surface area contributed by atoms with Gasteiger partial charge in [-0.2, -0.15) is 0 Å². The Labute approximate surface area is 116 Å². The lowest BCUT2D eigenvalue weighted by Crippen LogP contribution is -2.33. The molecule has 0 unspecified atom stereocenters. The third-order valence-electron chi connectivity index (χ3n) is 3.48. The van der Waals surface area contributed by atoms with Crippen molar-refractivity contribution in [1.29, 1.82) is 0 Å². The molecule has 0 spiro atoms. The largest absolute Gasteiger partial charge is 0.481 e. The van der Waals surface area contributed by atoms with Crippen molar-refractivity contribution < 1.29 is 23.8 Å². The van der Waals surface area contributed by atoms with Gasteiger partial charge in [0.15, 0.2) is 0 Å². The third kappa shape index (κ3) is 2.80. The lowest BCUT2D eigenvalue weighted by atomic mass is 9.93. The number of hydrogen-bond acceptors (Lipinski definition) is 3. The lowest BCUT2D eigenvalue weighted by Gasteiger charge is -2.27. The summed E-state index contributed by atoms with van der Waals surface area (Å²) in [4.78, 5) is 24.8. The van der Waals surface area contributed by atoms with E-state index in [2.05, 4.69) is 0 Å². The Bertz CT molecular complexity index is 520. The van der Waals surface area contributed by atoms with Crippen molar-refractivity contribution in [2.24, 2.45) is 5.92 Å². The summed E-state index contributed by atoms with van der Waals surface area (Å²) in [5.41, 5.74) is 0.499. The highest BCUT2D eigenvalue weighted by atomic mass is 19.1. The van der Waals surface area contributed by atoms with Crippen LogP contribution in [0.25, 0.3) is 0 Å². The van der Waals surface area contributed by atoms with Gasteiger partial charge in [-0.05, 0) is 17.7 Å². The summed E-state index contributed by atoms with van der Waals surface area (Å²) in [6.07, 6.45) is -0.0692. The van der Waals surface area contributed by atoms with E-state index in [-0.39, 0.29) is 12.3 Å². The highest BCUT2D eigenvalue weighted by Crippen LogP contribution is 2.38. The van der Waals surface area contributed by atoms with Gasteiger partial charge in [0.1, 0.15) is 5.82 Å². The number of carbonyl (C=O) groups is 2. The van der Waals surface area contributed by atoms with E-state index in [0.29, 0.717) is 18.7 Å². The summed E-state index contributed by atoms with van der Waals surface area (Å²) in [5.74, 6) is -2.60. The van der Waals surface area contributed by atoms with E-state index >= 15 is 0 Å². The fourth-order valence-electron chi connectivity index (χ4n) is 2.57. The van der Waals surface area contributed by atoms with E-state index in [1.165, 1.54) is 30.2 Å². The molecule has 1 aromatic rings. The maximum absolute atomic E-state index is 13.3. The van der Waals surface area contributed by atoms with Gasteiger partial charge in [0.2, 0.25) is 5.91 Å². The topological polar surface area (TPSA) is 66.8 Å². The minimum absolute atomic E-state index is 0.0692. The van der Waals surface area contributed by atoms with Gasteiger partial charge in [0, 0.05) is 20.1 Å². The van der Waals surface area contributed by atoms with Crippen LogP contribution in [0.2, 0.25) is 0 Å². The van der Waals surface area contributed by atoms with E-state index in [1.807, 2.05) is 0 Å². The molecular formula is C14H16FNO4. The van der Waals surface area contributed by atoms with Crippen LogP contribution in [-0.2, 0) is 14.3 Å². The van der Waals surface area contributed by atoms with Gasteiger partial charge in [0.25, 0.3) is 0 Å². The van der Waals surface area contributed by atoms with Crippen LogP contribution in [0.15, 0.2) is 24.3 Å². The molecule has 6 heteroatoms. The third-order valence-corrected chi connectivity index (χ3v) is 3.48. The van der Waals surface area contributed by atoms with Crippen molar-refractivity contribution in [2.75, 3.05) is 20.3 Å². The first kappa shape index (κ1) is 14.5. The van der Waals surface area contributed by atoms with E-state index in [4.69, 9.17) is 4.74 Å². The first-order chi connectivity index (χ1) is 9.54. The molecule has 0 bridgehead atoms. The van der Waals surface area contributed by atoms with Crippen LogP contribution in [0.5, 0.6) is 0 Å². The zero-order valence-electron chi connectivity index (χ0n) is 11.1. The van der Waals surface area contributed by atoms with E-state index in [1.54, 1.807) is 6.07 Å². The SMILES string of the molecule is COCCN1C(=O)C[C@H](C(=O)O)[C@H]1c1cccc(F)c1. The smallest absolute Gasteiger partial charge is 0.309 e. The molecule has 1 aliphatic rings. The monoisotopic (exact) mass is 281 g/mol. The van der Waals surface area contributed by atoms with Crippen LogP contribution in [0.3, 0.4) is 0 Å². The number of halogens is 1. The fraction of sp³-hybridized carbons (Fsp3) is 0.429. The van der Waals surface area contributed by atoms with Gasteiger partial charge in [0.05, 0.1) is 18.6 Å². The van der Waals surface area contributed by atoms with Crippen molar-refractivity contribution in [3.63, 3.8) is 0 Å². The van der Waals surface area contributed by atoms with Crippen molar-refractivity contribution >= 4 is 11.9 Å². The first-order valence-electron chi connectivity index (χ1n) is 6.31. The number of nitrogens with zero attached hydrogens (tertiary/aromatic N) is 1. The molecule has 0 radical (unpaired) electrons. The number of ether oxygens (including phenoxy) is 1. The molecule has 1 aliphatic heterocycles. The van der Waals surface area contributed by atoms with Gasteiger partial charge >= 0.3 is 5.97 Å². The maximum Gasteiger partial charge on any atom is 0.309 e. The number of likely N-dealkylation sites (tertiary alicyclic amines) is 1. The minimum atomic E-state index is -1.05. The first-order valence-corrected chi connectivity index (χ1v) is 6.31. The van der Waals surface area contributed by atoms with Crippen molar-refractivity contribution in [3.8, 4) is 0 Å². The second kappa shape index (κ2) is 6.00. The molecule has 0 aromatic heterocycles. The average molecular weight is 281 g/mol. The minimum Gasteiger partial charge on any atom is -0.481 e. The number of methoxy groups -OCH3 is 1. The molecule has 1 saturated heterocycles. The number of carboxylic acids is 1. The Balaban J connectivity index is 2.35. The quantitative estimate of drug-likeness (QED) is 0.887. The molecule has 1 N–H and O–H groups in total. The van der Waals surface area contributed by atoms with E-state index < -0.39 is 23.7 Å². The summed E-state index contributed by atoms with van der Waals surface area (Å²) in [6.45, 7) is 0.601. The zero-order valence-corrected chi connectivity index (χ0v) is 11.1. The molecule has 20 heavy (non-hydrogen) atoms. The molecule has 1 amide bonds. The number of amides is 1. The second-order valence-corrected chi connectivity index (χ2v) is 4.73. The van der Waals surface area contributed by atoms with Gasteiger partial charge < -0.3 is 14.7 Å². The molecule has 1 aromatic carbocycles. The number of aliphatic carboxylic acids is 1. The maximum atomic E-state index is 13.3. The molecule has 108 valence electrons. The Morgan fingerprint density at radius 3 is 2.90 bits per heavy atom. The zero-order chi connectivity index (χ0) is 14.7. The number of hydrogen-bond donors (Lipinski definition) is 1. The molecule has 1 heterocycles. The van der Waals surface area contributed by atoms with Crippen LogP contribution in [0.4, 0.5) is 4.39 Å².